The van der Waals surface area contributed by atoms with Crippen LogP contribution in [0.2, 0.25) is 0 Å². The number of allylic oxidation sites excluding steroid dienone is 2. The number of hydrogen-bond donors (Lipinski definition) is 1. The minimum absolute atomic E-state index is 0.0261. The molecule has 0 aliphatic rings. The molecule has 0 aromatic heterocycles. The summed E-state index contributed by atoms with van der Waals surface area (Å²) in [5.41, 5.74) is 1.08. The number of aliphatic carboxylic acids is 1. The first kappa shape index (κ1) is 12.9. The van der Waals surface area contributed by atoms with Crippen molar-refractivity contribution in [1.82, 2.24) is 0 Å². The number of halogens is 1. The number of carboxylic acid groups (broad SMARTS) is 1. The molecule has 0 fully saturated rings. The molecule has 0 radical (unpaired) electrons. The van der Waals surface area contributed by atoms with Gasteiger partial charge < -0.3 is 5.11 Å². The largest absolute Gasteiger partial charge is 0.481 e. The Bertz CT molecular complexity index is 264. The first-order valence-corrected chi connectivity index (χ1v) is 4.68. The van der Waals surface area contributed by atoms with E-state index in [1.54, 1.807) is 0 Å². The van der Waals surface area contributed by atoms with Gasteiger partial charge >= 0.3 is 5.97 Å². The van der Waals surface area contributed by atoms with Crippen LogP contribution >= 0.6 is 0 Å². The number of carboxylic acids is 1. The van der Waals surface area contributed by atoms with E-state index in [9.17, 15) is 9.18 Å². The van der Waals surface area contributed by atoms with Crippen LogP contribution in [0.3, 0.4) is 0 Å². The van der Waals surface area contributed by atoms with Gasteiger partial charge in [-0.2, -0.15) is 0 Å². The van der Waals surface area contributed by atoms with Crippen molar-refractivity contribution in [3.63, 3.8) is 0 Å². The summed E-state index contributed by atoms with van der Waals surface area (Å²) in [6.45, 7) is 8.72. The molecule has 0 unspecified atom stereocenters. The average Bonchev–Trinajstić information content (AvgIpc) is 2.00. The molecule has 0 saturated heterocycles. The van der Waals surface area contributed by atoms with Gasteiger partial charge in [0.15, 0.2) is 0 Å². The number of rotatable bonds is 5. The van der Waals surface area contributed by atoms with Crippen molar-refractivity contribution in [2.75, 3.05) is 0 Å². The molecule has 0 atom stereocenters. The summed E-state index contributed by atoms with van der Waals surface area (Å²) in [7, 11) is 0. The molecule has 0 bridgehead atoms. The second kappa shape index (κ2) is 5.58. The van der Waals surface area contributed by atoms with Crippen LogP contribution in [0.15, 0.2) is 23.6 Å². The van der Waals surface area contributed by atoms with Gasteiger partial charge in [-0.3, -0.25) is 4.79 Å². The summed E-state index contributed by atoms with van der Waals surface area (Å²) in [5.74, 6) is -1.47. The van der Waals surface area contributed by atoms with Crippen molar-refractivity contribution in [2.24, 2.45) is 5.92 Å². The highest BCUT2D eigenvalue weighted by molar-refractivity contribution is 5.70. The molecular formula is C11H17FO2. The van der Waals surface area contributed by atoms with Crippen LogP contribution in [-0.4, -0.2) is 11.1 Å². The quantitative estimate of drug-likeness (QED) is 0.691. The van der Waals surface area contributed by atoms with Crippen LogP contribution < -0.4 is 0 Å². The van der Waals surface area contributed by atoms with Crippen molar-refractivity contribution in [1.29, 1.82) is 0 Å². The molecule has 0 aromatic rings. The zero-order chi connectivity index (χ0) is 11.3. The Labute approximate surface area is 84.1 Å². The summed E-state index contributed by atoms with van der Waals surface area (Å²) < 4.78 is 13.1. The molecule has 0 amide bonds. The Balaban J connectivity index is 5.08. The Morgan fingerprint density at radius 3 is 2.21 bits per heavy atom. The lowest BCUT2D eigenvalue weighted by Gasteiger charge is -2.14. The van der Waals surface area contributed by atoms with Crippen molar-refractivity contribution >= 4 is 5.97 Å². The summed E-state index contributed by atoms with van der Waals surface area (Å²) in [6.07, 6.45) is 0.440. The fourth-order valence-corrected chi connectivity index (χ4v) is 1.51. The van der Waals surface area contributed by atoms with Crippen molar-refractivity contribution in [3.05, 3.63) is 23.6 Å². The molecule has 0 saturated carbocycles. The molecule has 0 aliphatic carbocycles. The second-order valence-electron chi connectivity index (χ2n) is 3.50. The Morgan fingerprint density at radius 1 is 1.50 bits per heavy atom. The lowest BCUT2D eigenvalue weighted by molar-refractivity contribution is -0.136. The summed E-state index contributed by atoms with van der Waals surface area (Å²) in [4.78, 5) is 10.5. The molecule has 1 N–H and O–H groups in total. The van der Waals surface area contributed by atoms with E-state index in [0.29, 0.717) is 17.6 Å². The van der Waals surface area contributed by atoms with E-state index in [-0.39, 0.29) is 12.3 Å². The van der Waals surface area contributed by atoms with Crippen LogP contribution in [0.1, 0.15) is 33.6 Å². The van der Waals surface area contributed by atoms with Crippen molar-refractivity contribution in [3.8, 4) is 0 Å². The van der Waals surface area contributed by atoms with Gasteiger partial charge in [-0.15, -0.1) is 0 Å². The maximum atomic E-state index is 13.1. The third-order valence-electron chi connectivity index (χ3n) is 2.04. The standard InChI is InChI=1S/C11H17FO2/c1-5-9(6-10(13)14)11(7(2)3)8(4)12/h7H,4-6H2,1-3H3,(H,13,14)/b11-9+. The molecule has 0 rings (SSSR count). The molecule has 2 nitrogen and oxygen atoms in total. The molecule has 80 valence electrons. The van der Waals surface area contributed by atoms with Gasteiger partial charge in [0.05, 0.1) is 6.42 Å². The molecule has 0 spiro atoms. The lowest BCUT2D eigenvalue weighted by atomic mass is 9.93. The first-order valence-electron chi connectivity index (χ1n) is 4.68. The van der Waals surface area contributed by atoms with Crippen molar-refractivity contribution in [2.45, 2.75) is 33.6 Å². The van der Waals surface area contributed by atoms with E-state index in [0.717, 1.165) is 0 Å². The zero-order valence-electron chi connectivity index (χ0n) is 8.93. The summed E-state index contributed by atoms with van der Waals surface area (Å²) in [6, 6.07) is 0. The monoisotopic (exact) mass is 200 g/mol. The molecule has 3 heteroatoms. The van der Waals surface area contributed by atoms with Crippen LogP contribution in [-0.2, 0) is 4.79 Å². The second-order valence-corrected chi connectivity index (χ2v) is 3.50. The third kappa shape index (κ3) is 3.73. The molecule has 0 aliphatic heterocycles. The highest BCUT2D eigenvalue weighted by Gasteiger charge is 2.15. The van der Waals surface area contributed by atoms with Gasteiger partial charge in [0.2, 0.25) is 0 Å². The van der Waals surface area contributed by atoms with Crippen LogP contribution in [0, 0.1) is 5.92 Å². The number of hydrogen-bond acceptors (Lipinski definition) is 1. The van der Waals surface area contributed by atoms with Gasteiger partial charge in [-0.1, -0.05) is 32.9 Å². The lowest BCUT2D eigenvalue weighted by Crippen LogP contribution is -2.05. The van der Waals surface area contributed by atoms with Gasteiger partial charge in [-0.25, -0.2) is 4.39 Å². The third-order valence-corrected chi connectivity index (χ3v) is 2.04. The highest BCUT2D eigenvalue weighted by Crippen LogP contribution is 2.26. The van der Waals surface area contributed by atoms with E-state index in [1.165, 1.54) is 0 Å². The minimum atomic E-state index is -0.929. The van der Waals surface area contributed by atoms with Gasteiger partial charge in [0.25, 0.3) is 0 Å². The number of carbonyl (C=O) groups is 1. The van der Waals surface area contributed by atoms with Gasteiger partial charge in [0, 0.05) is 0 Å². The highest BCUT2D eigenvalue weighted by atomic mass is 19.1. The fraction of sp³-hybridized carbons (Fsp3) is 0.545. The Hall–Kier alpha value is -1.12. The van der Waals surface area contributed by atoms with Gasteiger partial charge in [-0.05, 0) is 17.9 Å². The average molecular weight is 200 g/mol. The Kier molecular flexibility index (Phi) is 5.13. The molecule has 0 aromatic carbocycles. The van der Waals surface area contributed by atoms with Gasteiger partial charge in [0.1, 0.15) is 5.83 Å². The van der Waals surface area contributed by atoms with Crippen molar-refractivity contribution < 1.29 is 14.3 Å². The summed E-state index contributed by atoms with van der Waals surface area (Å²) in [5, 5.41) is 8.64. The van der Waals surface area contributed by atoms with E-state index in [1.807, 2.05) is 20.8 Å². The van der Waals surface area contributed by atoms with E-state index < -0.39 is 11.8 Å². The Morgan fingerprint density at radius 2 is 2.00 bits per heavy atom. The van der Waals surface area contributed by atoms with Crippen LogP contribution in [0.5, 0.6) is 0 Å². The normalized spacial score (nSPS) is 12.6. The fourth-order valence-electron chi connectivity index (χ4n) is 1.51. The zero-order valence-corrected chi connectivity index (χ0v) is 8.93. The summed E-state index contributed by atoms with van der Waals surface area (Å²) >= 11 is 0. The van der Waals surface area contributed by atoms with Crippen LogP contribution in [0.25, 0.3) is 0 Å². The van der Waals surface area contributed by atoms with E-state index in [2.05, 4.69) is 6.58 Å². The van der Waals surface area contributed by atoms with E-state index in [4.69, 9.17) is 5.11 Å². The maximum absolute atomic E-state index is 13.1. The maximum Gasteiger partial charge on any atom is 0.307 e. The first-order chi connectivity index (χ1) is 6.40. The molecule has 0 heterocycles. The predicted molar refractivity (Wildman–Crippen MR) is 54.7 cm³/mol. The predicted octanol–water partition coefficient (Wildman–Crippen LogP) is 3.31. The SMILES string of the molecule is C=C(F)/C(=C(\CC)CC(=O)O)C(C)C. The minimum Gasteiger partial charge on any atom is -0.481 e. The van der Waals surface area contributed by atoms with E-state index >= 15 is 0 Å². The smallest absolute Gasteiger partial charge is 0.307 e. The molecular weight excluding hydrogens is 183 g/mol. The van der Waals surface area contributed by atoms with Crippen LogP contribution in [0.4, 0.5) is 4.39 Å². The molecule has 14 heavy (non-hydrogen) atoms. The topological polar surface area (TPSA) is 37.3 Å².